The van der Waals surface area contributed by atoms with E-state index in [1.807, 2.05) is 27.7 Å². The zero-order valence-corrected chi connectivity index (χ0v) is 13.6. The average molecular weight is 299 g/mol. The Balaban J connectivity index is 2.44. The quantitative estimate of drug-likeness (QED) is 0.769. The molecule has 0 bridgehead atoms. The van der Waals surface area contributed by atoms with Crippen LogP contribution in [0.1, 0.15) is 43.7 Å². The summed E-state index contributed by atoms with van der Waals surface area (Å²) >= 11 is 1.57. The van der Waals surface area contributed by atoms with E-state index in [2.05, 4.69) is 10.5 Å². The highest BCUT2D eigenvalue weighted by Gasteiger charge is 2.26. The first-order chi connectivity index (χ1) is 9.48. The van der Waals surface area contributed by atoms with E-state index in [9.17, 15) is 4.79 Å². The van der Waals surface area contributed by atoms with Crippen molar-refractivity contribution in [1.29, 1.82) is 0 Å². The van der Waals surface area contributed by atoms with Gasteiger partial charge in [-0.1, -0.05) is 19.0 Å². The van der Waals surface area contributed by atoms with Crippen molar-refractivity contribution < 1.29 is 9.32 Å². The Morgan fingerprint density at radius 2 is 2.05 bits per heavy atom. The molecule has 0 aliphatic carbocycles. The summed E-state index contributed by atoms with van der Waals surface area (Å²) in [5.41, 5.74) is 7.50. The maximum Gasteiger partial charge on any atom is 0.230 e. The SMILES string of the molecule is CCC(CC)(CN)NC(=O)CSCc1c(C)noc1C. The van der Waals surface area contributed by atoms with Gasteiger partial charge in [0, 0.05) is 17.9 Å². The number of hydrogen-bond acceptors (Lipinski definition) is 5. The van der Waals surface area contributed by atoms with Gasteiger partial charge in [-0.2, -0.15) is 0 Å². The minimum absolute atomic E-state index is 0.0379. The molecule has 0 spiro atoms. The van der Waals surface area contributed by atoms with Crippen molar-refractivity contribution >= 4 is 17.7 Å². The van der Waals surface area contributed by atoms with E-state index in [4.69, 9.17) is 10.3 Å². The fourth-order valence-corrected chi connectivity index (χ4v) is 3.03. The normalized spacial score (nSPS) is 11.7. The van der Waals surface area contributed by atoms with Crippen LogP contribution in [0, 0.1) is 13.8 Å². The van der Waals surface area contributed by atoms with Crippen LogP contribution in [0.3, 0.4) is 0 Å². The Morgan fingerprint density at radius 1 is 1.40 bits per heavy atom. The van der Waals surface area contributed by atoms with Crippen molar-refractivity contribution in [2.75, 3.05) is 12.3 Å². The summed E-state index contributed by atoms with van der Waals surface area (Å²) in [5.74, 6) is 2.03. The zero-order chi connectivity index (χ0) is 15.2. The van der Waals surface area contributed by atoms with Gasteiger partial charge in [-0.05, 0) is 26.7 Å². The monoisotopic (exact) mass is 299 g/mol. The molecule has 0 aromatic carbocycles. The lowest BCUT2D eigenvalue weighted by Gasteiger charge is -2.31. The molecular formula is C14H25N3O2S. The lowest BCUT2D eigenvalue weighted by molar-refractivity contribution is -0.120. The van der Waals surface area contributed by atoms with Crippen LogP contribution < -0.4 is 11.1 Å². The smallest absolute Gasteiger partial charge is 0.230 e. The first-order valence-corrected chi connectivity index (χ1v) is 8.14. The third-order valence-corrected chi connectivity index (χ3v) is 4.77. The molecule has 1 heterocycles. The van der Waals surface area contributed by atoms with E-state index in [-0.39, 0.29) is 11.4 Å². The Bertz CT molecular complexity index is 414. The van der Waals surface area contributed by atoms with E-state index in [1.54, 1.807) is 11.8 Å². The highest BCUT2D eigenvalue weighted by atomic mass is 32.2. The average Bonchev–Trinajstić information content (AvgIpc) is 2.76. The molecule has 1 aromatic rings. The Labute approximate surface area is 125 Å². The number of nitrogens with zero attached hydrogens (tertiary/aromatic N) is 1. The zero-order valence-electron chi connectivity index (χ0n) is 12.8. The van der Waals surface area contributed by atoms with Crippen LogP contribution in [0.25, 0.3) is 0 Å². The number of carbonyl (C=O) groups excluding carboxylic acids is 1. The van der Waals surface area contributed by atoms with Crippen LogP contribution in [-0.2, 0) is 10.5 Å². The molecule has 0 aliphatic heterocycles. The second-order valence-electron chi connectivity index (χ2n) is 5.04. The predicted molar refractivity (Wildman–Crippen MR) is 82.6 cm³/mol. The van der Waals surface area contributed by atoms with Crippen molar-refractivity contribution in [2.24, 2.45) is 5.73 Å². The minimum Gasteiger partial charge on any atom is -0.361 e. The number of nitrogens with two attached hydrogens (primary N) is 1. The molecule has 1 amide bonds. The van der Waals surface area contributed by atoms with E-state index in [0.717, 1.165) is 35.6 Å². The van der Waals surface area contributed by atoms with Gasteiger partial charge in [-0.3, -0.25) is 4.79 Å². The topological polar surface area (TPSA) is 81.1 Å². The molecule has 5 nitrogen and oxygen atoms in total. The Morgan fingerprint density at radius 3 is 2.50 bits per heavy atom. The minimum atomic E-state index is -0.263. The summed E-state index contributed by atoms with van der Waals surface area (Å²) in [6, 6.07) is 0. The van der Waals surface area contributed by atoms with Crippen molar-refractivity contribution in [3.8, 4) is 0 Å². The third kappa shape index (κ3) is 4.24. The standard InChI is InChI=1S/C14H25N3O2S/c1-5-14(6-2,9-15)16-13(18)8-20-7-12-10(3)17-19-11(12)4/h5-9,15H2,1-4H3,(H,16,18). The van der Waals surface area contributed by atoms with Crippen LogP contribution in [0.5, 0.6) is 0 Å². The summed E-state index contributed by atoms with van der Waals surface area (Å²) in [6.07, 6.45) is 1.69. The highest BCUT2D eigenvalue weighted by Crippen LogP contribution is 2.20. The third-order valence-electron chi connectivity index (χ3n) is 3.81. The van der Waals surface area contributed by atoms with Gasteiger partial charge in [0.2, 0.25) is 5.91 Å². The number of carbonyl (C=O) groups is 1. The lowest BCUT2D eigenvalue weighted by Crippen LogP contribution is -2.53. The molecule has 0 atom stereocenters. The van der Waals surface area contributed by atoms with E-state index in [1.165, 1.54) is 0 Å². The van der Waals surface area contributed by atoms with Gasteiger partial charge in [0.15, 0.2) is 0 Å². The number of rotatable bonds is 8. The van der Waals surface area contributed by atoms with Crippen molar-refractivity contribution in [2.45, 2.75) is 51.8 Å². The first-order valence-electron chi connectivity index (χ1n) is 6.98. The van der Waals surface area contributed by atoms with Gasteiger partial charge in [-0.25, -0.2) is 0 Å². The van der Waals surface area contributed by atoms with Gasteiger partial charge in [0.1, 0.15) is 5.76 Å². The van der Waals surface area contributed by atoms with Crippen molar-refractivity contribution in [3.63, 3.8) is 0 Å². The number of nitrogens with one attached hydrogen (secondary N) is 1. The van der Waals surface area contributed by atoms with Crippen LogP contribution in [-0.4, -0.2) is 28.9 Å². The summed E-state index contributed by atoms with van der Waals surface area (Å²) in [4.78, 5) is 12.0. The molecule has 0 fully saturated rings. The van der Waals surface area contributed by atoms with Gasteiger partial charge >= 0.3 is 0 Å². The number of thioether (sulfide) groups is 1. The lowest BCUT2D eigenvalue weighted by atomic mass is 9.93. The number of hydrogen-bond donors (Lipinski definition) is 2. The molecule has 0 aliphatic rings. The van der Waals surface area contributed by atoms with Crippen molar-refractivity contribution in [3.05, 3.63) is 17.0 Å². The second kappa shape index (κ2) is 7.69. The molecule has 20 heavy (non-hydrogen) atoms. The molecule has 0 radical (unpaired) electrons. The maximum absolute atomic E-state index is 12.0. The van der Waals surface area contributed by atoms with Crippen LogP contribution >= 0.6 is 11.8 Å². The molecule has 1 rings (SSSR count). The van der Waals surface area contributed by atoms with Crippen LogP contribution in [0.15, 0.2) is 4.52 Å². The highest BCUT2D eigenvalue weighted by molar-refractivity contribution is 7.99. The van der Waals surface area contributed by atoms with Crippen molar-refractivity contribution in [1.82, 2.24) is 10.5 Å². The second-order valence-corrected chi connectivity index (χ2v) is 6.02. The number of aryl methyl sites for hydroxylation is 2. The number of amides is 1. The summed E-state index contributed by atoms with van der Waals surface area (Å²) < 4.78 is 5.11. The summed E-state index contributed by atoms with van der Waals surface area (Å²) in [5, 5.41) is 6.97. The van der Waals surface area contributed by atoms with E-state index in [0.29, 0.717) is 12.3 Å². The first kappa shape index (κ1) is 17.0. The Hall–Kier alpha value is -1.01. The van der Waals surface area contributed by atoms with Gasteiger partial charge in [0.25, 0.3) is 0 Å². The fraction of sp³-hybridized carbons (Fsp3) is 0.714. The summed E-state index contributed by atoms with van der Waals surface area (Å²) in [7, 11) is 0. The predicted octanol–water partition coefficient (Wildman–Crippen LogP) is 2.16. The van der Waals surface area contributed by atoms with Crippen LogP contribution in [0.4, 0.5) is 0 Å². The van der Waals surface area contributed by atoms with E-state index >= 15 is 0 Å². The van der Waals surface area contributed by atoms with E-state index < -0.39 is 0 Å². The van der Waals surface area contributed by atoms with Gasteiger partial charge in [-0.15, -0.1) is 11.8 Å². The molecule has 0 saturated carbocycles. The molecule has 6 heteroatoms. The maximum atomic E-state index is 12.0. The largest absolute Gasteiger partial charge is 0.361 e. The fourth-order valence-electron chi connectivity index (χ4n) is 2.05. The van der Waals surface area contributed by atoms with Gasteiger partial charge < -0.3 is 15.6 Å². The molecule has 0 unspecified atom stereocenters. The molecular weight excluding hydrogens is 274 g/mol. The molecule has 0 saturated heterocycles. The number of aromatic nitrogens is 1. The van der Waals surface area contributed by atoms with Crippen LogP contribution in [0.2, 0.25) is 0 Å². The molecule has 1 aromatic heterocycles. The Kier molecular flexibility index (Phi) is 6.55. The summed E-state index contributed by atoms with van der Waals surface area (Å²) in [6.45, 7) is 8.38. The molecule has 3 N–H and O–H groups in total. The molecule has 114 valence electrons. The van der Waals surface area contributed by atoms with Gasteiger partial charge in [0.05, 0.1) is 17.0 Å².